The molecular weight excluding hydrogens is 348 g/mol. The molecule has 1 fully saturated rings. The van der Waals surface area contributed by atoms with E-state index in [0.29, 0.717) is 23.7 Å². The van der Waals surface area contributed by atoms with Gasteiger partial charge in [0.2, 0.25) is 5.91 Å². The fourth-order valence-electron chi connectivity index (χ4n) is 3.28. The van der Waals surface area contributed by atoms with E-state index in [-0.39, 0.29) is 17.9 Å². The normalized spacial score (nSPS) is 17.0. The summed E-state index contributed by atoms with van der Waals surface area (Å²) in [5, 5.41) is 3.46. The standard InChI is InChI=1S/C19H18N4O2S/c1-11-7-12(8-15-17(11)22-19(20)26-15)18(25)21-13-9-16(24)23(10-13)14-5-3-2-4-6-14/h2-8,13H,9-10H2,1H3,(H2,20,22)(H,21,25). The molecule has 2 heterocycles. The molecule has 0 aliphatic carbocycles. The van der Waals surface area contributed by atoms with Gasteiger partial charge in [-0.25, -0.2) is 4.98 Å². The lowest BCUT2D eigenvalue weighted by Crippen LogP contribution is -2.37. The summed E-state index contributed by atoms with van der Waals surface area (Å²) in [5.74, 6) is -0.168. The van der Waals surface area contributed by atoms with E-state index in [1.165, 1.54) is 11.3 Å². The summed E-state index contributed by atoms with van der Waals surface area (Å²) in [7, 11) is 0. The second kappa shape index (κ2) is 6.42. The van der Waals surface area contributed by atoms with Crippen LogP contribution in [0.3, 0.4) is 0 Å². The Kier molecular flexibility index (Phi) is 4.08. The van der Waals surface area contributed by atoms with Crippen molar-refractivity contribution < 1.29 is 9.59 Å². The maximum absolute atomic E-state index is 12.7. The van der Waals surface area contributed by atoms with Crippen molar-refractivity contribution in [3.05, 3.63) is 53.6 Å². The van der Waals surface area contributed by atoms with Crippen LogP contribution in [0, 0.1) is 6.92 Å². The van der Waals surface area contributed by atoms with Crippen LogP contribution in [0.15, 0.2) is 42.5 Å². The van der Waals surface area contributed by atoms with Crippen molar-refractivity contribution in [1.29, 1.82) is 0 Å². The van der Waals surface area contributed by atoms with Crippen LogP contribution in [0.25, 0.3) is 10.2 Å². The second-order valence-electron chi connectivity index (χ2n) is 6.41. The topological polar surface area (TPSA) is 88.3 Å². The maximum Gasteiger partial charge on any atom is 0.251 e. The highest BCUT2D eigenvalue weighted by atomic mass is 32.1. The van der Waals surface area contributed by atoms with Gasteiger partial charge in [0.15, 0.2) is 5.13 Å². The average Bonchev–Trinajstić information content (AvgIpc) is 3.17. The van der Waals surface area contributed by atoms with Crippen molar-refractivity contribution >= 4 is 44.2 Å². The van der Waals surface area contributed by atoms with Gasteiger partial charge in [-0.15, -0.1) is 0 Å². The average molecular weight is 366 g/mol. The molecule has 4 rings (SSSR count). The number of hydrogen-bond donors (Lipinski definition) is 2. The number of aryl methyl sites for hydroxylation is 1. The van der Waals surface area contributed by atoms with Gasteiger partial charge in [0.05, 0.1) is 16.3 Å². The fraction of sp³-hybridized carbons (Fsp3) is 0.211. The minimum atomic E-state index is -0.210. The molecule has 3 aromatic rings. The van der Waals surface area contributed by atoms with Gasteiger partial charge in [-0.05, 0) is 36.8 Å². The highest BCUT2D eigenvalue weighted by molar-refractivity contribution is 7.22. The van der Waals surface area contributed by atoms with Gasteiger partial charge in [0, 0.05) is 24.2 Å². The zero-order valence-corrected chi connectivity index (χ0v) is 15.0. The predicted molar refractivity (Wildman–Crippen MR) is 103 cm³/mol. The number of carbonyl (C=O) groups excluding carboxylic acids is 2. The fourth-order valence-corrected chi connectivity index (χ4v) is 4.13. The maximum atomic E-state index is 12.7. The van der Waals surface area contributed by atoms with E-state index in [1.54, 1.807) is 11.0 Å². The molecule has 1 saturated heterocycles. The van der Waals surface area contributed by atoms with Gasteiger partial charge in [-0.1, -0.05) is 29.5 Å². The van der Waals surface area contributed by atoms with E-state index >= 15 is 0 Å². The summed E-state index contributed by atoms with van der Waals surface area (Å²) >= 11 is 1.36. The highest BCUT2D eigenvalue weighted by Gasteiger charge is 2.31. The zero-order valence-electron chi connectivity index (χ0n) is 14.2. The molecule has 0 saturated carbocycles. The molecule has 1 aliphatic heterocycles. The summed E-state index contributed by atoms with van der Waals surface area (Å²) < 4.78 is 0.890. The number of fused-ring (bicyclic) bond motifs is 1. The molecule has 0 radical (unpaired) electrons. The van der Waals surface area contributed by atoms with Crippen molar-refractivity contribution in [2.45, 2.75) is 19.4 Å². The van der Waals surface area contributed by atoms with Gasteiger partial charge in [0.25, 0.3) is 5.91 Å². The van der Waals surface area contributed by atoms with E-state index in [2.05, 4.69) is 10.3 Å². The van der Waals surface area contributed by atoms with E-state index < -0.39 is 0 Å². The van der Waals surface area contributed by atoms with E-state index in [0.717, 1.165) is 21.5 Å². The summed E-state index contributed by atoms with van der Waals surface area (Å²) in [5.41, 5.74) is 8.92. The third-order valence-corrected chi connectivity index (χ3v) is 5.32. The van der Waals surface area contributed by atoms with Crippen LogP contribution in [0.5, 0.6) is 0 Å². The Hall–Kier alpha value is -2.93. The monoisotopic (exact) mass is 366 g/mol. The van der Waals surface area contributed by atoms with Crippen LogP contribution in [0.2, 0.25) is 0 Å². The highest BCUT2D eigenvalue weighted by Crippen LogP contribution is 2.28. The first-order valence-corrected chi connectivity index (χ1v) is 9.16. The predicted octanol–water partition coefficient (Wildman–Crippen LogP) is 2.72. The number of anilines is 2. The van der Waals surface area contributed by atoms with Crippen molar-refractivity contribution in [3.63, 3.8) is 0 Å². The van der Waals surface area contributed by atoms with Gasteiger partial charge < -0.3 is 16.0 Å². The van der Waals surface area contributed by atoms with Gasteiger partial charge in [0.1, 0.15) is 0 Å². The van der Waals surface area contributed by atoms with Crippen molar-refractivity contribution in [2.24, 2.45) is 0 Å². The van der Waals surface area contributed by atoms with Crippen LogP contribution < -0.4 is 16.0 Å². The summed E-state index contributed by atoms with van der Waals surface area (Å²) in [6.45, 7) is 2.39. The lowest BCUT2D eigenvalue weighted by molar-refractivity contribution is -0.117. The number of nitrogens with zero attached hydrogens (tertiary/aromatic N) is 2. The molecule has 132 valence electrons. The molecule has 0 spiro atoms. The molecule has 1 aromatic heterocycles. The lowest BCUT2D eigenvalue weighted by atomic mass is 10.1. The number of amides is 2. The lowest BCUT2D eigenvalue weighted by Gasteiger charge is -2.17. The Labute approximate surface area is 154 Å². The molecule has 6 nitrogen and oxygen atoms in total. The third-order valence-electron chi connectivity index (χ3n) is 4.49. The number of hydrogen-bond acceptors (Lipinski definition) is 5. The Morgan fingerprint density at radius 3 is 2.85 bits per heavy atom. The molecule has 26 heavy (non-hydrogen) atoms. The Balaban J connectivity index is 1.51. The van der Waals surface area contributed by atoms with Gasteiger partial charge >= 0.3 is 0 Å². The Bertz CT molecular complexity index is 999. The molecule has 2 amide bonds. The quantitative estimate of drug-likeness (QED) is 0.746. The number of thiazole rings is 1. The molecule has 1 atom stereocenters. The molecule has 1 aliphatic rings. The molecule has 7 heteroatoms. The number of carbonyl (C=O) groups is 2. The number of nitrogens with two attached hydrogens (primary N) is 1. The van der Waals surface area contributed by atoms with Crippen molar-refractivity contribution in [1.82, 2.24) is 10.3 Å². The van der Waals surface area contributed by atoms with E-state index in [4.69, 9.17) is 5.73 Å². The summed E-state index contributed by atoms with van der Waals surface area (Å²) in [4.78, 5) is 30.9. The third kappa shape index (κ3) is 3.01. The SMILES string of the molecule is Cc1cc(C(=O)NC2CC(=O)N(c3ccccc3)C2)cc2sc(N)nc12. The number of nitrogens with one attached hydrogen (secondary N) is 1. The van der Waals surface area contributed by atoms with E-state index in [1.807, 2.05) is 43.3 Å². The Morgan fingerprint density at radius 1 is 1.31 bits per heavy atom. The first-order chi connectivity index (χ1) is 12.5. The van der Waals surface area contributed by atoms with Crippen LogP contribution in [-0.4, -0.2) is 29.4 Å². The van der Waals surface area contributed by atoms with Gasteiger partial charge in [-0.2, -0.15) is 0 Å². The molecule has 3 N–H and O–H groups in total. The van der Waals surface area contributed by atoms with Crippen LogP contribution in [0.1, 0.15) is 22.3 Å². The molecular formula is C19H18N4O2S. The summed E-state index contributed by atoms with van der Waals surface area (Å²) in [6, 6.07) is 12.9. The van der Waals surface area contributed by atoms with Crippen molar-refractivity contribution in [3.8, 4) is 0 Å². The minimum absolute atomic E-state index is 0.0170. The second-order valence-corrected chi connectivity index (χ2v) is 7.47. The van der Waals surface area contributed by atoms with Crippen LogP contribution >= 0.6 is 11.3 Å². The number of rotatable bonds is 3. The first-order valence-electron chi connectivity index (χ1n) is 8.34. The number of benzene rings is 2. The minimum Gasteiger partial charge on any atom is -0.375 e. The molecule has 0 bridgehead atoms. The van der Waals surface area contributed by atoms with Gasteiger partial charge in [-0.3, -0.25) is 9.59 Å². The number of para-hydroxylation sites is 1. The molecule has 2 aromatic carbocycles. The Morgan fingerprint density at radius 2 is 2.08 bits per heavy atom. The smallest absolute Gasteiger partial charge is 0.251 e. The zero-order chi connectivity index (χ0) is 18.3. The number of nitrogen functional groups attached to an aromatic ring is 1. The van der Waals surface area contributed by atoms with Crippen LogP contribution in [-0.2, 0) is 4.79 Å². The number of aromatic nitrogens is 1. The largest absolute Gasteiger partial charge is 0.375 e. The summed E-state index contributed by atoms with van der Waals surface area (Å²) in [6.07, 6.45) is 0.301. The first kappa shape index (κ1) is 16.5. The van der Waals surface area contributed by atoms with Crippen molar-refractivity contribution in [2.75, 3.05) is 17.2 Å². The van der Waals surface area contributed by atoms with Crippen LogP contribution in [0.4, 0.5) is 10.8 Å². The molecule has 1 unspecified atom stereocenters. The van der Waals surface area contributed by atoms with E-state index in [9.17, 15) is 9.59 Å².